The number of aliphatic carboxylic acids is 1. The van der Waals surface area contributed by atoms with Gasteiger partial charge in [0, 0.05) is 43.2 Å². The number of carboxylic acid groups (broad SMARTS) is 1. The topological polar surface area (TPSA) is 90.3 Å². The average molecular weight is 631 g/mol. The highest BCUT2D eigenvalue weighted by Gasteiger charge is 2.46. The van der Waals surface area contributed by atoms with E-state index in [0.717, 1.165) is 35.9 Å². The second-order valence-electron chi connectivity index (χ2n) is 11.8. The summed E-state index contributed by atoms with van der Waals surface area (Å²) in [4.78, 5) is 27.8. The van der Waals surface area contributed by atoms with Crippen molar-refractivity contribution in [3.63, 3.8) is 0 Å². The minimum atomic E-state index is -4.51. The van der Waals surface area contributed by atoms with Crippen molar-refractivity contribution in [2.75, 3.05) is 26.2 Å². The molecule has 1 aliphatic carbocycles. The molecule has 1 saturated carbocycles. The van der Waals surface area contributed by atoms with E-state index in [1.54, 1.807) is 0 Å². The van der Waals surface area contributed by atoms with Crippen molar-refractivity contribution in [2.45, 2.75) is 69.1 Å². The first-order valence-corrected chi connectivity index (χ1v) is 14.5. The number of likely N-dealkylation sites (tertiary alicyclic amines) is 2. The Bertz CT molecular complexity index is 1390. The number of β-amino-alcohol motifs (C(OH)–C–C–N with tert-alkyl or cyclic N) is 1. The van der Waals surface area contributed by atoms with Crippen LogP contribution in [0.3, 0.4) is 0 Å². The van der Waals surface area contributed by atoms with Crippen LogP contribution in [0.1, 0.15) is 65.6 Å². The molecular formula is C30H32ClF5N2O5. The third kappa shape index (κ3) is 6.76. The van der Waals surface area contributed by atoms with Gasteiger partial charge in [0.25, 0.3) is 5.91 Å². The highest BCUT2D eigenvalue weighted by atomic mass is 35.5. The van der Waals surface area contributed by atoms with Crippen molar-refractivity contribution in [1.29, 1.82) is 0 Å². The number of hydrogen-bond donors (Lipinski definition) is 2. The van der Waals surface area contributed by atoms with Crippen molar-refractivity contribution in [3.8, 4) is 5.75 Å². The fourth-order valence-corrected chi connectivity index (χ4v) is 6.03. The van der Waals surface area contributed by atoms with Crippen molar-refractivity contribution in [2.24, 2.45) is 5.92 Å². The molecule has 0 aromatic heterocycles. The van der Waals surface area contributed by atoms with Crippen LogP contribution in [-0.2, 0) is 17.5 Å². The van der Waals surface area contributed by atoms with Crippen molar-refractivity contribution < 1.29 is 46.5 Å². The lowest BCUT2D eigenvalue weighted by atomic mass is 9.93. The Morgan fingerprint density at radius 1 is 1.14 bits per heavy atom. The molecule has 234 valence electrons. The zero-order chi connectivity index (χ0) is 31.3. The molecule has 0 radical (unpaired) electrons. The first-order chi connectivity index (χ1) is 20.2. The van der Waals surface area contributed by atoms with E-state index in [1.165, 1.54) is 19.1 Å². The van der Waals surface area contributed by atoms with Crippen LogP contribution in [0.15, 0.2) is 30.3 Å². The minimum Gasteiger partial charge on any atom is -0.490 e. The van der Waals surface area contributed by atoms with Gasteiger partial charge in [-0.05, 0) is 67.0 Å². The number of aliphatic hydroxyl groups excluding tert-OH is 1. The van der Waals surface area contributed by atoms with E-state index in [1.807, 2.05) is 4.90 Å². The highest BCUT2D eigenvalue weighted by Crippen LogP contribution is 2.46. The predicted octanol–water partition coefficient (Wildman–Crippen LogP) is 5.66. The number of carboxylic acids is 1. The Morgan fingerprint density at radius 2 is 1.81 bits per heavy atom. The Labute approximate surface area is 250 Å². The Hall–Kier alpha value is -2.96. The highest BCUT2D eigenvalue weighted by molar-refractivity contribution is 6.31. The molecule has 2 aromatic carbocycles. The number of alkyl halides is 4. The lowest BCUT2D eigenvalue weighted by Crippen LogP contribution is -2.44. The third-order valence-electron chi connectivity index (χ3n) is 8.69. The van der Waals surface area contributed by atoms with Gasteiger partial charge in [-0.1, -0.05) is 18.5 Å². The number of rotatable bonds is 8. The number of ether oxygens (including phenoxy) is 1. The monoisotopic (exact) mass is 630 g/mol. The number of piperidine rings is 1. The largest absolute Gasteiger partial charge is 0.490 e. The summed E-state index contributed by atoms with van der Waals surface area (Å²) in [6.45, 7) is 1.51. The zero-order valence-corrected chi connectivity index (χ0v) is 24.1. The molecule has 2 N–H and O–H groups in total. The van der Waals surface area contributed by atoms with Gasteiger partial charge < -0.3 is 19.8 Å². The maximum absolute atomic E-state index is 15.8. The number of benzene rings is 2. The zero-order valence-electron chi connectivity index (χ0n) is 23.3. The molecule has 2 saturated heterocycles. The van der Waals surface area contributed by atoms with Crippen LogP contribution in [0.4, 0.5) is 22.0 Å². The molecule has 0 bridgehead atoms. The summed E-state index contributed by atoms with van der Waals surface area (Å²) in [5.74, 6) is -3.73. The molecule has 13 heteroatoms. The first kappa shape index (κ1) is 31.5. The molecule has 1 amide bonds. The second-order valence-corrected chi connectivity index (χ2v) is 12.2. The number of carbonyl (C=O) groups excluding carboxylic acids is 1. The van der Waals surface area contributed by atoms with E-state index in [9.17, 15) is 33.0 Å². The van der Waals surface area contributed by atoms with Crippen LogP contribution in [0.2, 0.25) is 5.02 Å². The van der Waals surface area contributed by atoms with Crippen LogP contribution in [-0.4, -0.2) is 75.9 Å². The average Bonchev–Trinajstić information content (AvgIpc) is 3.73. The van der Waals surface area contributed by atoms with E-state index in [-0.39, 0.29) is 67.9 Å². The fraction of sp³-hybridized carbons (Fsp3) is 0.533. The predicted molar refractivity (Wildman–Crippen MR) is 146 cm³/mol. The molecule has 5 rings (SSSR count). The summed E-state index contributed by atoms with van der Waals surface area (Å²) < 4.78 is 76.2. The number of nitrogens with zero attached hydrogens (tertiary/aromatic N) is 2. The summed E-state index contributed by atoms with van der Waals surface area (Å²) in [6.07, 6.45) is -3.97. The number of aliphatic hydroxyl groups is 1. The van der Waals surface area contributed by atoms with Crippen LogP contribution in [0.25, 0.3) is 0 Å². The molecule has 43 heavy (non-hydrogen) atoms. The number of halogens is 6. The van der Waals surface area contributed by atoms with E-state index >= 15 is 8.78 Å². The molecule has 2 aliphatic heterocycles. The maximum Gasteiger partial charge on any atom is 0.416 e. The van der Waals surface area contributed by atoms with Crippen LogP contribution in [0, 0.1) is 11.7 Å². The molecule has 2 aromatic rings. The van der Waals surface area contributed by atoms with Gasteiger partial charge >= 0.3 is 12.1 Å². The summed E-state index contributed by atoms with van der Waals surface area (Å²) in [5.41, 5.74) is -2.08. The maximum atomic E-state index is 15.8. The van der Waals surface area contributed by atoms with Gasteiger partial charge in [0.1, 0.15) is 29.9 Å². The fourth-order valence-electron chi connectivity index (χ4n) is 5.85. The Morgan fingerprint density at radius 3 is 2.42 bits per heavy atom. The lowest BCUT2D eigenvalue weighted by molar-refractivity contribution is -0.142. The van der Waals surface area contributed by atoms with Crippen molar-refractivity contribution >= 4 is 23.5 Å². The molecule has 3 unspecified atom stereocenters. The van der Waals surface area contributed by atoms with Crippen molar-refractivity contribution in [3.05, 3.63) is 63.4 Å². The second kappa shape index (κ2) is 11.9. The summed E-state index contributed by atoms with van der Waals surface area (Å²) in [5, 5.41) is 19.9. The summed E-state index contributed by atoms with van der Waals surface area (Å²) in [6, 6.07) is 4.18. The van der Waals surface area contributed by atoms with Gasteiger partial charge in [-0.2, -0.15) is 13.2 Å². The number of carbonyl (C=O) groups is 2. The molecule has 3 atom stereocenters. The van der Waals surface area contributed by atoms with E-state index in [4.69, 9.17) is 16.3 Å². The number of hydrogen-bond acceptors (Lipinski definition) is 5. The minimum absolute atomic E-state index is 0.0184. The Kier molecular flexibility index (Phi) is 8.67. The summed E-state index contributed by atoms with van der Waals surface area (Å²) >= 11 is 6.12. The SMILES string of the molecule is CC1C(O)CN(C(=O)c2cc(C3CC3)c(OCC3(F)CCN(Cc4cc(C(F)(F)F)ccc4Cl)CC3)cc2F)C1C(=O)O. The molecule has 7 nitrogen and oxygen atoms in total. The van der Waals surface area contributed by atoms with Gasteiger partial charge in [-0.3, -0.25) is 9.69 Å². The summed E-state index contributed by atoms with van der Waals surface area (Å²) in [7, 11) is 0. The van der Waals surface area contributed by atoms with Gasteiger partial charge in [-0.15, -0.1) is 0 Å². The van der Waals surface area contributed by atoms with Gasteiger partial charge in [0.05, 0.1) is 17.2 Å². The van der Waals surface area contributed by atoms with Gasteiger partial charge in [0.2, 0.25) is 0 Å². The van der Waals surface area contributed by atoms with Gasteiger partial charge in [-0.25, -0.2) is 13.6 Å². The van der Waals surface area contributed by atoms with E-state index < -0.39 is 53.2 Å². The van der Waals surface area contributed by atoms with Crippen LogP contribution < -0.4 is 4.74 Å². The molecule has 0 spiro atoms. The molecule has 2 heterocycles. The third-order valence-corrected chi connectivity index (χ3v) is 9.06. The lowest BCUT2D eigenvalue weighted by Gasteiger charge is -2.36. The van der Waals surface area contributed by atoms with E-state index in [0.29, 0.717) is 11.1 Å². The smallest absolute Gasteiger partial charge is 0.416 e. The van der Waals surface area contributed by atoms with Gasteiger partial charge in [0.15, 0.2) is 0 Å². The van der Waals surface area contributed by atoms with Crippen LogP contribution in [0.5, 0.6) is 5.75 Å². The van der Waals surface area contributed by atoms with Crippen molar-refractivity contribution in [1.82, 2.24) is 9.80 Å². The first-order valence-electron chi connectivity index (χ1n) is 14.1. The van der Waals surface area contributed by atoms with E-state index in [2.05, 4.69) is 0 Å². The standard InChI is InChI=1S/C30H32ClF5N2O5/c1-16-24(39)14-38(26(16)28(41)42)27(40)21-11-20(17-2-3-17)25(12-23(21)32)43-15-29(33)6-8-37(9-7-29)13-18-10-19(30(34,35)36)4-5-22(18)31/h4-5,10-12,16-17,24,26,39H,2-3,6-9,13-15H2,1H3,(H,41,42). The molecular weight excluding hydrogens is 599 g/mol. The molecule has 3 fully saturated rings. The molecule has 3 aliphatic rings. The normalized spacial score (nSPS) is 24.3. The van der Waals surface area contributed by atoms with Crippen LogP contribution >= 0.6 is 11.6 Å². The number of amides is 1. The quantitative estimate of drug-likeness (QED) is 0.366. The Balaban J connectivity index is 1.25.